The number of carbonyl (C=O) groups is 2. The van der Waals surface area contributed by atoms with E-state index in [1.54, 1.807) is 39.0 Å². The number of carbonyl (C=O) groups excluding carboxylic acids is 2. The summed E-state index contributed by atoms with van der Waals surface area (Å²) >= 11 is 5.97. The average Bonchev–Trinajstić information content (AvgIpc) is 2.92. The van der Waals surface area contributed by atoms with Crippen LogP contribution in [0.25, 0.3) is 11.6 Å². The van der Waals surface area contributed by atoms with Gasteiger partial charge in [-0.3, -0.25) is 4.79 Å². The molecule has 0 spiro atoms. The molecular weight excluding hydrogens is 385 g/mol. The van der Waals surface area contributed by atoms with Gasteiger partial charge in [-0.05, 0) is 57.2 Å². The van der Waals surface area contributed by atoms with Crippen molar-refractivity contribution in [2.24, 2.45) is 0 Å². The minimum absolute atomic E-state index is 0.214. The predicted octanol–water partition coefficient (Wildman–Crippen LogP) is 4.69. The van der Waals surface area contributed by atoms with E-state index < -0.39 is 17.4 Å². The van der Waals surface area contributed by atoms with Gasteiger partial charge in [-0.1, -0.05) is 17.7 Å². The number of hydrogen-bond donors (Lipinski definition) is 1. The van der Waals surface area contributed by atoms with Crippen molar-refractivity contribution in [3.8, 4) is 5.75 Å². The number of benzene rings is 2. The highest BCUT2D eigenvalue weighted by molar-refractivity contribution is 6.36. The van der Waals surface area contributed by atoms with Gasteiger partial charge in [-0.2, -0.15) is 0 Å². The molecule has 0 bridgehead atoms. The van der Waals surface area contributed by atoms with Crippen LogP contribution in [0.3, 0.4) is 0 Å². The van der Waals surface area contributed by atoms with E-state index in [1.165, 1.54) is 24.3 Å². The molecule has 1 aliphatic rings. The molecule has 1 heterocycles. The first-order valence-electron chi connectivity index (χ1n) is 8.70. The Hall–Kier alpha value is -2.86. The molecule has 1 aliphatic heterocycles. The molecule has 28 heavy (non-hydrogen) atoms. The highest BCUT2D eigenvalue weighted by atomic mass is 35.5. The fourth-order valence-corrected chi connectivity index (χ4v) is 2.98. The van der Waals surface area contributed by atoms with Crippen LogP contribution in [0.2, 0.25) is 5.02 Å². The van der Waals surface area contributed by atoms with Gasteiger partial charge >= 0.3 is 5.97 Å². The molecule has 1 N–H and O–H groups in total. The first-order chi connectivity index (χ1) is 13.2. The zero-order valence-corrected chi connectivity index (χ0v) is 16.4. The Balaban J connectivity index is 2.02. The largest absolute Gasteiger partial charge is 0.476 e. The van der Waals surface area contributed by atoms with Crippen LogP contribution in [-0.4, -0.2) is 24.1 Å². The summed E-state index contributed by atoms with van der Waals surface area (Å²) in [6, 6.07) is 8.90. The summed E-state index contributed by atoms with van der Waals surface area (Å²) in [5, 5.41) is 3.22. The van der Waals surface area contributed by atoms with E-state index >= 15 is 0 Å². The molecule has 0 radical (unpaired) electrons. The third-order valence-corrected chi connectivity index (χ3v) is 4.40. The maximum Gasteiger partial charge on any atom is 0.349 e. The van der Waals surface area contributed by atoms with Gasteiger partial charge in [0, 0.05) is 21.7 Å². The lowest BCUT2D eigenvalue weighted by Gasteiger charge is -2.25. The van der Waals surface area contributed by atoms with Gasteiger partial charge in [-0.15, -0.1) is 0 Å². The maximum atomic E-state index is 13.9. The monoisotopic (exact) mass is 403 g/mol. The van der Waals surface area contributed by atoms with E-state index in [-0.39, 0.29) is 18.3 Å². The van der Waals surface area contributed by atoms with Crippen LogP contribution in [0.15, 0.2) is 36.4 Å². The van der Waals surface area contributed by atoms with Crippen LogP contribution < -0.4 is 10.1 Å². The Morgan fingerprint density at radius 2 is 2.00 bits per heavy atom. The van der Waals surface area contributed by atoms with Gasteiger partial charge in [0.2, 0.25) is 0 Å². The summed E-state index contributed by atoms with van der Waals surface area (Å²) in [6.45, 7) is 5.03. The zero-order valence-electron chi connectivity index (χ0n) is 15.6. The van der Waals surface area contributed by atoms with Gasteiger partial charge in [0.15, 0.2) is 5.60 Å². The molecule has 0 saturated heterocycles. The average molecular weight is 404 g/mol. The van der Waals surface area contributed by atoms with Gasteiger partial charge < -0.3 is 14.8 Å². The van der Waals surface area contributed by atoms with E-state index in [1.807, 2.05) is 0 Å². The smallest absolute Gasteiger partial charge is 0.349 e. The predicted molar refractivity (Wildman–Crippen MR) is 106 cm³/mol. The first-order valence-corrected chi connectivity index (χ1v) is 9.08. The van der Waals surface area contributed by atoms with E-state index in [0.717, 1.165) is 0 Å². The van der Waals surface area contributed by atoms with Crippen molar-refractivity contribution in [3.05, 3.63) is 58.4 Å². The number of amides is 1. The standard InChI is InChI=1S/C21H19ClFNO4/c1-4-27-20(26)21(2,3)28-18-8-6-14(23)9-12(18)10-16-15-7-5-13(22)11-17(15)24-19(16)25/h5-11H,4H2,1-3H3,(H,24,25)/b16-10+. The lowest BCUT2D eigenvalue weighted by Crippen LogP contribution is -2.39. The van der Waals surface area contributed by atoms with Gasteiger partial charge in [-0.25, -0.2) is 9.18 Å². The van der Waals surface area contributed by atoms with Crippen molar-refractivity contribution in [1.82, 2.24) is 0 Å². The summed E-state index contributed by atoms with van der Waals surface area (Å²) < 4.78 is 24.7. The molecule has 5 nitrogen and oxygen atoms in total. The van der Waals surface area contributed by atoms with Crippen molar-refractivity contribution in [2.75, 3.05) is 11.9 Å². The first kappa shape index (κ1) is 19.9. The second kappa shape index (κ2) is 7.64. The molecule has 0 fully saturated rings. The lowest BCUT2D eigenvalue weighted by atomic mass is 10.0. The van der Waals surface area contributed by atoms with Crippen LogP contribution in [0, 0.1) is 5.82 Å². The quantitative estimate of drug-likeness (QED) is 0.581. The number of hydrogen-bond acceptors (Lipinski definition) is 4. The lowest BCUT2D eigenvalue weighted by molar-refractivity contribution is -0.158. The molecule has 1 amide bonds. The number of nitrogens with one attached hydrogen (secondary N) is 1. The molecule has 7 heteroatoms. The molecule has 0 saturated carbocycles. The second-order valence-electron chi connectivity index (χ2n) is 6.72. The minimum Gasteiger partial charge on any atom is -0.476 e. The molecule has 0 aliphatic carbocycles. The van der Waals surface area contributed by atoms with Gasteiger partial charge in [0.05, 0.1) is 12.3 Å². The van der Waals surface area contributed by atoms with Crippen LogP contribution >= 0.6 is 11.6 Å². The SMILES string of the molecule is CCOC(=O)C(C)(C)Oc1ccc(F)cc1/C=C1/C(=O)Nc2cc(Cl)ccc21. The third-order valence-electron chi connectivity index (χ3n) is 4.17. The Morgan fingerprint density at radius 3 is 2.71 bits per heavy atom. The van der Waals surface area contributed by atoms with Crippen LogP contribution in [0.5, 0.6) is 5.75 Å². The normalized spacial score (nSPS) is 14.6. The van der Waals surface area contributed by atoms with Crippen molar-refractivity contribution in [1.29, 1.82) is 0 Å². The van der Waals surface area contributed by atoms with Crippen LogP contribution in [0.4, 0.5) is 10.1 Å². The van der Waals surface area contributed by atoms with Crippen molar-refractivity contribution in [3.63, 3.8) is 0 Å². The van der Waals surface area contributed by atoms with Crippen molar-refractivity contribution < 1.29 is 23.5 Å². The molecule has 2 aromatic carbocycles. The minimum atomic E-state index is -1.29. The number of halogens is 2. The Morgan fingerprint density at radius 1 is 1.25 bits per heavy atom. The molecule has 0 atom stereocenters. The fourth-order valence-electron chi connectivity index (χ4n) is 2.81. The van der Waals surface area contributed by atoms with E-state index in [2.05, 4.69) is 5.32 Å². The molecule has 0 unspecified atom stereocenters. The summed E-state index contributed by atoms with van der Waals surface area (Å²) in [6.07, 6.45) is 1.52. The fraction of sp³-hybridized carbons (Fsp3) is 0.238. The highest BCUT2D eigenvalue weighted by Crippen LogP contribution is 2.36. The topological polar surface area (TPSA) is 64.6 Å². The van der Waals surface area contributed by atoms with E-state index in [0.29, 0.717) is 27.4 Å². The number of anilines is 1. The summed E-state index contributed by atoms with van der Waals surface area (Å²) in [7, 11) is 0. The highest BCUT2D eigenvalue weighted by Gasteiger charge is 2.32. The summed E-state index contributed by atoms with van der Waals surface area (Å²) in [5.41, 5.74) is 0.606. The Bertz CT molecular complexity index is 984. The van der Waals surface area contributed by atoms with Crippen molar-refractivity contribution >= 4 is 40.8 Å². The molecular formula is C21H19ClFNO4. The van der Waals surface area contributed by atoms with E-state index in [9.17, 15) is 14.0 Å². The van der Waals surface area contributed by atoms with Crippen LogP contribution in [-0.2, 0) is 14.3 Å². The van der Waals surface area contributed by atoms with Gasteiger partial charge in [0.1, 0.15) is 11.6 Å². The number of rotatable bonds is 5. The van der Waals surface area contributed by atoms with Gasteiger partial charge in [0.25, 0.3) is 5.91 Å². The Kier molecular flexibility index (Phi) is 5.42. The summed E-state index contributed by atoms with van der Waals surface area (Å²) in [4.78, 5) is 24.5. The third kappa shape index (κ3) is 4.02. The van der Waals surface area contributed by atoms with Crippen molar-refractivity contribution in [2.45, 2.75) is 26.4 Å². The molecule has 2 aromatic rings. The van der Waals surface area contributed by atoms with E-state index in [4.69, 9.17) is 21.1 Å². The number of esters is 1. The second-order valence-corrected chi connectivity index (χ2v) is 7.15. The Labute approximate surface area is 167 Å². The number of fused-ring (bicyclic) bond motifs is 1. The molecule has 0 aromatic heterocycles. The maximum absolute atomic E-state index is 13.9. The van der Waals surface area contributed by atoms with Crippen LogP contribution in [0.1, 0.15) is 31.9 Å². The molecule has 3 rings (SSSR count). The molecule has 146 valence electrons. The zero-order chi connectivity index (χ0) is 20.5. The summed E-state index contributed by atoms with van der Waals surface area (Å²) in [5.74, 6) is -1.13. The number of ether oxygens (including phenoxy) is 2.